The number of rotatable bonds is 4. The molecule has 140 valence electrons. The van der Waals surface area contributed by atoms with Crippen molar-refractivity contribution >= 4 is 11.9 Å². The molecule has 1 saturated carbocycles. The van der Waals surface area contributed by atoms with Crippen LogP contribution in [0.25, 0.3) is 0 Å². The zero-order valence-electron chi connectivity index (χ0n) is 15.3. The van der Waals surface area contributed by atoms with Crippen LogP contribution < -0.4 is 5.32 Å². The third kappa shape index (κ3) is 4.18. The summed E-state index contributed by atoms with van der Waals surface area (Å²) in [6.07, 6.45) is 4.18. The number of amides is 3. The van der Waals surface area contributed by atoms with Gasteiger partial charge in [-0.3, -0.25) is 9.69 Å². The number of carbonyl (C=O) groups excluding carboxylic acids is 2. The average molecular weight is 356 g/mol. The van der Waals surface area contributed by atoms with Crippen molar-refractivity contribution in [3.63, 3.8) is 0 Å². The van der Waals surface area contributed by atoms with Crippen molar-refractivity contribution in [2.45, 2.75) is 44.3 Å². The Morgan fingerprint density at radius 3 is 2.38 bits per heavy atom. The van der Waals surface area contributed by atoms with Gasteiger partial charge in [0.1, 0.15) is 6.54 Å². The Hall–Kier alpha value is -2.08. The van der Waals surface area contributed by atoms with Crippen LogP contribution in [0.1, 0.15) is 31.2 Å². The zero-order valence-corrected chi connectivity index (χ0v) is 15.3. The van der Waals surface area contributed by atoms with Gasteiger partial charge in [-0.2, -0.15) is 0 Å². The molecule has 1 N–H and O–H groups in total. The summed E-state index contributed by atoms with van der Waals surface area (Å²) in [7, 11) is 0. The van der Waals surface area contributed by atoms with Gasteiger partial charge in [0, 0.05) is 44.8 Å². The van der Waals surface area contributed by atoms with E-state index in [1.165, 1.54) is 5.56 Å². The van der Waals surface area contributed by atoms with E-state index in [-0.39, 0.29) is 24.5 Å². The molecule has 0 atom stereocenters. The van der Waals surface area contributed by atoms with Crippen molar-refractivity contribution in [3.05, 3.63) is 35.9 Å². The van der Waals surface area contributed by atoms with Gasteiger partial charge in [-0.25, -0.2) is 4.79 Å². The topological polar surface area (TPSA) is 55.9 Å². The quantitative estimate of drug-likeness (QED) is 0.893. The molecule has 6 nitrogen and oxygen atoms in total. The maximum absolute atomic E-state index is 12.5. The molecule has 26 heavy (non-hydrogen) atoms. The molecule has 3 fully saturated rings. The molecule has 2 heterocycles. The van der Waals surface area contributed by atoms with Crippen molar-refractivity contribution < 1.29 is 9.59 Å². The highest BCUT2D eigenvalue weighted by molar-refractivity contribution is 5.85. The van der Waals surface area contributed by atoms with Crippen molar-refractivity contribution in [1.29, 1.82) is 0 Å². The van der Waals surface area contributed by atoms with Gasteiger partial charge >= 0.3 is 6.03 Å². The van der Waals surface area contributed by atoms with E-state index in [1.807, 2.05) is 11.0 Å². The molecule has 6 heteroatoms. The smallest absolute Gasteiger partial charge is 0.318 e. The van der Waals surface area contributed by atoms with E-state index in [4.69, 9.17) is 0 Å². The standard InChI is InChI=1S/C20H28N4O2/c25-19-15-23(12-13-24(19)18-6-7-18)20(26)21-17-8-10-22(11-9-17)14-16-4-2-1-3-5-16/h1-5,17-18H,6-15H2,(H,21,26). The highest BCUT2D eigenvalue weighted by Crippen LogP contribution is 2.28. The Bertz CT molecular complexity index is 638. The molecule has 0 radical (unpaired) electrons. The van der Waals surface area contributed by atoms with Crippen LogP contribution >= 0.6 is 0 Å². The molecule has 1 aromatic rings. The number of likely N-dealkylation sites (tertiary alicyclic amines) is 1. The predicted molar refractivity (Wildman–Crippen MR) is 99.6 cm³/mol. The second-order valence-corrected chi connectivity index (χ2v) is 7.73. The maximum atomic E-state index is 12.5. The number of piperazine rings is 1. The minimum Gasteiger partial charge on any atom is -0.336 e. The molecule has 3 aliphatic rings. The molecule has 1 aromatic carbocycles. The third-order valence-corrected chi connectivity index (χ3v) is 5.70. The van der Waals surface area contributed by atoms with Crippen LogP contribution in [-0.4, -0.2) is 71.4 Å². The molecular weight excluding hydrogens is 328 g/mol. The largest absolute Gasteiger partial charge is 0.336 e. The Morgan fingerprint density at radius 2 is 1.73 bits per heavy atom. The number of nitrogens with zero attached hydrogens (tertiary/aromatic N) is 3. The van der Waals surface area contributed by atoms with Crippen molar-refractivity contribution in [1.82, 2.24) is 20.0 Å². The molecular formula is C20H28N4O2. The summed E-state index contributed by atoms with van der Waals surface area (Å²) in [5.41, 5.74) is 1.34. The SMILES string of the molecule is O=C(NC1CCN(Cc2ccccc2)CC1)N1CCN(C2CC2)C(=O)C1. The first-order chi connectivity index (χ1) is 12.7. The first-order valence-electron chi connectivity index (χ1n) is 9.80. The molecule has 4 rings (SSSR count). The number of piperidine rings is 1. The Labute approximate surface area is 155 Å². The van der Waals surface area contributed by atoms with E-state index in [0.29, 0.717) is 19.1 Å². The van der Waals surface area contributed by atoms with Crippen LogP contribution in [0.5, 0.6) is 0 Å². The van der Waals surface area contributed by atoms with Gasteiger partial charge < -0.3 is 15.1 Å². The molecule has 0 spiro atoms. The maximum Gasteiger partial charge on any atom is 0.318 e. The lowest BCUT2D eigenvalue weighted by Gasteiger charge is -2.37. The van der Waals surface area contributed by atoms with Gasteiger partial charge in [-0.05, 0) is 31.2 Å². The first-order valence-corrected chi connectivity index (χ1v) is 9.80. The Kier molecular flexibility index (Phi) is 5.11. The normalized spacial score (nSPS) is 22.5. The van der Waals surface area contributed by atoms with Crippen molar-refractivity contribution in [3.8, 4) is 0 Å². The fourth-order valence-electron chi connectivity index (χ4n) is 3.98. The molecule has 0 aromatic heterocycles. The molecule has 2 aliphatic heterocycles. The lowest BCUT2D eigenvalue weighted by atomic mass is 10.0. The fraction of sp³-hybridized carbons (Fsp3) is 0.600. The van der Waals surface area contributed by atoms with Crippen LogP contribution in [0.15, 0.2) is 30.3 Å². The van der Waals surface area contributed by atoms with Crippen molar-refractivity contribution in [2.75, 3.05) is 32.7 Å². The lowest BCUT2D eigenvalue weighted by Crippen LogP contribution is -2.57. The third-order valence-electron chi connectivity index (χ3n) is 5.70. The highest BCUT2D eigenvalue weighted by atomic mass is 16.2. The first kappa shape index (κ1) is 17.3. The van der Waals surface area contributed by atoms with E-state index in [1.54, 1.807) is 4.90 Å². The Morgan fingerprint density at radius 1 is 1.00 bits per heavy atom. The van der Waals surface area contributed by atoms with Crippen molar-refractivity contribution in [2.24, 2.45) is 0 Å². The zero-order chi connectivity index (χ0) is 17.9. The van der Waals surface area contributed by atoms with Crippen LogP contribution in [0, 0.1) is 0 Å². The summed E-state index contributed by atoms with van der Waals surface area (Å²) < 4.78 is 0. The molecule has 0 unspecified atom stereocenters. The average Bonchev–Trinajstić information content (AvgIpc) is 3.49. The van der Waals surface area contributed by atoms with Gasteiger partial charge in [0.05, 0.1) is 0 Å². The number of hydrogen-bond acceptors (Lipinski definition) is 3. The number of urea groups is 1. The predicted octanol–water partition coefficient (Wildman–Crippen LogP) is 1.67. The van der Waals surface area contributed by atoms with Gasteiger partial charge in [-0.1, -0.05) is 30.3 Å². The van der Waals surface area contributed by atoms with E-state index in [2.05, 4.69) is 34.5 Å². The van der Waals surface area contributed by atoms with Crippen LogP contribution in [0.3, 0.4) is 0 Å². The van der Waals surface area contributed by atoms with Gasteiger partial charge in [0.25, 0.3) is 0 Å². The summed E-state index contributed by atoms with van der Waals surface area (Å²) in [5, 5.41) is 3.14. The fourth-order valence-corrected chi connectivity index (χ4v) is 3.98. The molecule has 0 bridgehead atoms. The second-order valence-electron chi connectivity index (χ2n) is 7.73. The van der Waals surface area contributed by atoms with Crippen LogP contribution in [0.2, 0.25) is 0 Å². The summed E-state index contributed by atoms with van der Waals surface area (Å²) in [6, 6.07) is 11.1. The molecule has 1 aliphatic carbocycles. The monoisotopic (exact) mass is 356 g/mol. The molecule has 3 amide bonds. The van der Waals surface area contributed by atoms with E-state index in [9.17, 15) is 9.59 Å². The van der Waals surface area contributed by atoms with Gasteiger partial charge in [-0.15, -0.1) is 0 Å². The number of carbonyl (C=O) groups is 2. The van der Waals surface area contributed by atoms with Gasteiger partial charge in [0.15, 0.2) is 0 Å². The van der Waals surface area contributed by atoms with E-state index >= 15 is 0 Å². The Balaban J connectivity index is 1.20. The number of benzene rings is 1. The van der Waals surface area contributed by atoms with E-state index < -0.39 is 0 Å². The van der Waals surface area contributed by atoms with Gasteiger partial charge in [0.2, 0.25) is 5.91 Å². The van der Waals surface area contributed by atoms with Crippen LogP contribution in [0.4, 0.5) is 4.79 Å². The summed E-state index contributed by atoms with van der Waals surface area (Å²) in [6.45, 7) is 4.53. The summed E-state index contributed by atoms with van der Waals surface area (Å²) in [5.74, 6) is 0.103. The lowest BCUT2D eigenvalue weighted by molar-refractivity contribution is -0.135. The number of nitrogens with one attached hydrogen (secondary N) is 1. The summed E-state index contributed by atoms with van der Waals surface area (Å²) >= 11 is 0. The van der Waals surface area contributed by atoms with E-state index in [0.717, 1.165) is 45.3 Å². The van der Waals surface area contributed by atoms with Crippen LogP contribution in [-0.2, 0) is 11.3 Å². The minimum atomic E-state index is -0.0738. The summed E-state index contributed by atoms with van der Waals surface area (Å²) in [4.78, 5) is 30.8. The second kappa shape index (κ2) is 7.66. The number of hydrogen-bond donors (Lipinski definition) is 1. The highest BCUT2D eigenvalue weighted by Gasteiger charge is 2.37. The minimum absolute atomic E-state index is 0.0738. The molecule has 2 saturated heterocycles.